The Kier molecular flexibility index (Phi) is 2.63. The van der Waals surface area contributed by atoms with Gasteiger partial charge in [-0.05, 0) is 21.7 Å². The number of imidazole rings is 2. The summed E-state index contributed by atoms with van der Waals surface area (Å²) in [6.45, 7) is 0. The second-order valence-corrected chi connectivity index (χ2v) is 4.59. The van der Waals surface area contributed by atoms with Gasteiger partial charge in [0.15, 0.2) is 5.65 Å². The third kappa shape index (κ3) is 2.01. The summed E-state index contributed by atoms with van der Waals surface area (Å²) in [5.74, 6) is -0.195. The van der Waals surface area contributed by atoms with Crippen LogP contribution in [0.2, 0.25) is 0 Å². The Morgan fingerprint density at radius 1 is 1.42 bits per heavy atom. The van der Waals surface area contributed by atoms with Crippen molar-refractivity contribution in [3.8, 4) is 0 Å². The third-order valence-electron chi connectivity index (χ3n) is 2.38. The summed E-state index contributed by atoms with van der Waals surface area (Å²) >= 11 is 1.21. The molecule has 0 spiro atoms. The molecule has 0 aliphatic carbocycles. The van der Waals surface area contributed by atoms with Gasteiger partial charge in [0.2, 0.25) is 0 Å². The van der Waals surface area contributed by atoms with Crippen LogP contribution in [0.1, 0.15) is 0 Å². The molecular formula is C9H7N7O2S. The molecule has 3 rings (SSSR count). The highest BCUT2D eigenvalue weighted by molar-refractivity contribution is 7.99. The van der Waals surface area contributed by atoms with Crippen LogP contribution >= 0.6 is 11.8 Å². The largest absolute Gasteiger partial charge is 0.382 e. The zero-order valence-electron chi connectivity index (χ0n) is 9.64. The molecule has 3 aromatic heterocycles. The van der Waals surface area contributed by atoms with Gasteiger partial charge in [0.05, 0.1) is 6.33 Å². The smallest absolute Gasteiger partial charge is 0.358 e. The van der Waals surface area contributed by atoms with E-state index in [-0.39, 0.29) is 5.82 Å². The number of aromatic nitrogens is 6. The number of hydrogen-bond acceptors (Lipinski definition) is 7. The van der Waals surface area contributed by atoms with Gasteiger partial charge < -0.3 is 19.7 Å². The van der Waals surface area contributed by atoms with E-state index in [9.17, 15) is 10.1 Å². The Morgan fingerprint density at radius 2 is 2.26 bits per heavy atom. The summed E-state index contributed by atoms with van der Waals surface area (Å²) in [7, 11) is 1.69. The number of aromatic amines is 1. The van der Waals surface area contributed by atoms with E-state index in [1.807, 2.05) is 0 Å². The van der Waals surface area contributed by atoms with Crippen molar-refractivity contribution in [2.45, 2.75) is 10.2 Å². The molecule has 96 valence electrons. The van der Waals surface area contributed by atoms with Crippen LogP contribution in [0.5, 0.6) is 0 Å². The molecule has 19 heavy (non-hydrogen) atoms. The SMILES string of the molecule is Cn1cc([N+](=O)[O-])nc1Sc1ncnc2nc[nH]c12. The number of nitrogens with one attached hydrogen (secondary N) is 1. The van der Waals surface area contributed by atoms with Crippen LogP contribution in [0.15, 0.2) is 29.0 Å². The third-order valence-corrected chi connectivity index (χ3v) is 3.45. The topological polar surface area (TPSA) is 115 Å². The van der Waals surface area contributed by atoms with Crippen molar-refractivity contribution in [1.29, 1.82) is 0 Å². The van der Waals surface area contributed by atoms with Gasteiger partial charge in [0.25, 0.3) is 5.16 Å². The Balaban J connectivity index is 2.01. The van der Waals surface area contributed by atoms with Crippen molar-refractivity contribution in [2.24, 2.45) is 7.05 Å². The average molecular weight is 277 g/mol. The summed E-state index contributed by atoms with van der Waals surface area (Å²) in [4.78, 5) is 29.1. The minimum Gasteiger partial charge on any atom is -0.358 e. The number of nitrogens with zero attached hydrogens (tertiary/aromatic N) is 6. The summed E-state index contributed by atoms with van der Waals surface area (Å²) in [6, 6.07) is 0. The molecule has 0 aliphatic heterocycles. The van der Waals surface area contributed by atoms with Crippen molar-refractivity contribution in [2.75, 3.05) is 0 Å². The van der Waals surface area contributed by atoms with E-state index in [0.29, 0.717) is 21.3 Å². The Bertz CT molecular complexity index is 765. The van der Waals surface area contributed by atoms with Crippen molar-refractivity contribution in [3.05, 3.63) is 29.0 Å². The summed E-state index contributed by atoms with van der Waals surface area (Å²) in [5, 5.41) is 11.8. The maximum absolute atomic E-state index is 10.7. The van der Waals surface area contributed by atoms with E-state index in [0.717, 1.165) is 0 Å². The van der Waals surface area contributed by atoms with E-state index in [1.54, 1.807) is 11.6 Å². The molecule has 0 aliphatic rings. The fraction of sp³-hybridized carbons (Fsp3) is 0.111. The fourth-order valence-electron chi connectivity index (χ4n) is 1.52. The van der Waals surface area contributed by atoms with Gasteiger partial charge in [-0.1, -0.05) is 0 Å². The van der Waals surface area contributed by atoms with Gasteiger partial charge in [0, 0.05) is 7.05 Å². The lowest BCUT2D eigenvalue weighted by Crippen LogP contribution is -1.91. The first-order valence-corrected chi connectivity index (χ1v) is 5.96. The predicted molar refractivity (Wildman–Crippen MR) is 65.7 cm³/mol. The van der Waals surface area contributed by atoms with Gasteiger partial charge >= 0.3 is 5.82 Å². The van der Waals surface area contributed by atoms with Gasteiger partial charge in [-0.2, -0.15) is 0 Å². The lowest BCUT2D eigenvalue weighted by atomic mass is 10.6. The summed E-state index contributed by atoms with van der Waals surface area (Å²) < 4.78 is 1.58. The molecule has 10 heteroatoms. The average Bonchev–Trinajstić information content (AvgIpc) is 2.97. The lowest BCUT2D eigenvalue weighted by molar-refractivity contribution is -0.389. The number of H-pyrrole nitrogens is 1. The van der Waals surface area contributed by atoms with Crippen molar-refractivity contribution < 1.29 is 4.92 Å². The van der Waals surface area contributed by atoms with E-state index < -0.39 is 4.92 Å². The van der Waals surface area contributed by atoms with Gasteiger partial charge in [-0.25, -0.2) is 15.0 Å². The molecular weight excluding hydrogens is 270 g/mol. The number of hydrogen-bond donors (Lipinski definition) is 1. The second kappa shape index (κ2) is 4.31. The van der Waals surface area contributed by atoms with Crippen LogP contribution in [0.3, 0.4) is 0 Å². The Morgan fingerprint density at radius 3 is 3.00 bits per heavy atom. The lowest BCUT2D eigenvalue weighted by Gasteiger charge is -1.97. The van der Waals surface area contributed by atoms with E-state index in [4.69, 9.17) is 0 Å². The second-order valence-electron chi connectivity index (χ2n) is 3.63. The molecule has 0 unspecified atom stereocenters. The van der Waals surface area contributed by atoms with Gasteiger partial charge in [-0.3, -0.25) is 0 Å². The number of nitro groups is 1. The van der Waals surface area contributed by atoms with Crippen LogP contribution in [0, 0.1) is 10.1 Å². The van der Waals surface area contributed by atoms with Crippen molar-refractivity contribution in [3.63, 3.8) is 0 Å². The number of rotatable bonds is 3. The minimum atomic E-state index is -0.532. The minimum absolute atomic E-state index is 0.195. The molecule has 0 atom stereocenters. The van der Waals surface area contributed by atoms with Crippen LogP contribution in [-0.2, 0) is 7.05 Å². The standard InChI is InChI=1S/C9H7N7O2S/c1-15-2-5(16(17)18)14-9(15)19-8-6-7(11-3-10-6)12-4-13-8/h2-4H,1H3,(H,10,11,12,13). The fourth-order valence-corrected chi connectivity index (χ4v) is 2.38. The Labute approximate surface area is 110 Å². The highest BCUT2D eigenvalue weighted by atomic mass is 32.2. The molecule has 3 heterocycles. The highest BCUT2D eigenvalue weighted by Crippen LogP contribution is 2.29. The number of fused-ring (bicyclic) bond motifs is 1. The zero-order valence-corrected chi connectivity index (χ0v) is 10.5. The molecule has 0 amide bonds. The van der Waals surface area contributed by atoms with E-state index >= 15 is 0 Å². The van der Waals surface area contributed by atoms with Crippen LogP contribution in [0.4, 0.5) is 5.82 Å². The normalized spacial score (nSPS) is 11.0. The molecule has 1 N–H and O–H groups in total. The molecule has 0 aromatic carbocycles. The van der Waals surface area contributed by atoms with Gasteiger partial charge in [0.1, 0.15) is 23.1 Å². The maximum Gasteiger partial charge on any atom is 0.382 e. The van der Waals surface area contributed by atoms with Crippen molar-refractivity contribution >= 4 is 28.7 Å². The van der Waals surface area contributed by atoms with Crippen LogP contribution in [0.25, 0.3) is 11.2 Å². The number of aryl methyl sites for hydroxylation is 1. The first kappa shape index (κ1) is 11.6. The maximum atomic E-state index is 10.7. The highest BCUT2D eigenvalue weighted by Gasteiger charge is 2.19. The molecule has 0 saturated heterocycles. The first-order valence-electron chi connectivity index (χ1n) is 5.15. The van der Waals surface area contributed by atoms with Crippen LogP contribution < -0.4 is 0 Å². The monoisotopic (exact) mass is 277 g/mol. The van der Waals surface area contributed by atoms with Crippen LogP contribution in [-0.4, -0.2) is 34.4 Å². The molecule has 0 saturated carbocycles. The summed E-state index contributed by atoms with van der Waals surface area (Å²) in [6.07, 6.45) is 4.26. The van der Waals surface area contributed by atoms with Gasteiger partial charge in [-0.15, -0.1) is 0 Å². The molecule has 0 fully saturated rings. The Hall–Kier alpha value is -2.49. The molecule has 3 aromatic rings. The van der Waals surface area contributed by atoms with E-state index in [1.165, 1.54) is 30.6 Å². The first-order chi connectivity index (χ1) is 9.15. The molecule has 0 radical (unpaired) electrons. The van der Waals surface area contributed by atoms with Crippen molar-refractivity contribution in [1.82, 2.24) is 29.5 Å². The summed E-state index contributed by atoms with van der Waals surface area (Å²) in [5.41, 5.74) is 1.22. The zero-order chi connectivity index (χ0) is 13.4. The molecule has 9 nitrogen and oxygen atoms in total. The predicted octanol–water partition coefficient (Wildman–Crippen LogP) is 1.15. The quantitative estimate of drug-likeness (QED) is 0.433. The van der Waals surface area contributed by atoms with E-state index in [2.05, 4.69) is 24.9 Å². The molecule has 0 bridgehead atoms.